The molecule has 10 N–H and O–H groups in total. The Bertz CT molecular complexity index is 2530. The lowest BCUT2D eigenvalue weighted by molar-refractivity contribution is -0.360. The van der Waals surface area contributed by atoms with E-state index in [0.29, 0.717) is 38.0 Å². The summed E-state index contributed by atoms with van der Waals surface area (Å²) in [5.41, 5.74) is 0. The Balaban J connectivity index is 1.93. The number of carbonyl (C=O) groups is 4. The van der Waals surface area contributed by atoms with E-state index in [1.54, 1.807) is 0 Å². The molecule has 2 aliphatic heterocycles. The molecule has 19 unspecified atom stereocenters. The molecule has 1 aliphatic carbocycles. The molecule has 2 heterocycles. The summed E-state index contributed by atoms with van der Waals surface area (Å²) in [5.74, 6) is -2.32. The quantitative estimate of drug-likeness (QED) is 0.00889. The molecule has 0 bridgehead atoms. The van der Waals surface area contributed by atoms with Crippen LogP contribution in [-0.2, 0) is 70.7 Å². The highest BCUT2D eigenvalue weighted by Gasteiger charge is 2.60. The number of rotatable bonds is 74. The van der Waals surface area contributed by atoms with Crippen molar-refractivity contribution in [2.45, 2.75) is 492 Å². The first-order valence-electron chi connectivity index (χ1n) is 46.5. The maximum atomic E-state index is 14.9. The van der Waals surface area contributed by atoms with Crippen LogP contribution < -0.4 is 0 Å². The molecule has 680 valence electrons. The second-order valence-electron chi connectivity index (χ2n) is 33.4. The zero-order chi connectivity index (χ0) is 84.8. The van der Waals surface area contributed by atoms with Crippen molar-refractivity contribution in [3.05, 3.63) is 24.3 Å². The zero-order valence-corrected chi connectivity index (χ0v) is 73.4. The van der Waals surface area contributed by atoms with Gasteiger partial charge in [0.1, 0.15) is 92.6 Å². The highest BCUT2D eigenvalue weighted by Crippen LogP contribution is 2.49. The van der Waals surface area contributed by atoms with Crippen molar-refractivity contribution in [3.8, 4) is 0 Å². The predicted molar refractivity (Wildman–Crippen MR) is 449 cm³/mol. The van der Waals surface area contributed by atoms with Crippen molar-refractivity contribution in [1.82, 2.24) is 0 Å². The zero-order valence-electron chi connectivity index (χ0n) is 72.5. The number of hydrogen-bond donors (Lipinski definition) is 10. The highest BCUT2D eigenvalue weighted by atomic mass is 31.2. The average Bonchev–Trinajstić information content (AvgIpc) is 0.753. The maximum Gasteiger partial charge on any atom is 0.472 e. The van der Waals surface area contributed by atoms with Crippen LogP contribution in [0.4, 0.5) is 0 Å². The predicted octanol–water partition coefficient (Wildman–Crippen LogP) is 16.8. The first kappa shape index (κ1) is 107. The van der Waals surface area contributed by atoms with Crippen LogP contribution >= 0.6 is 7.82 Å². The molecule has 0 aromatic carbocycles. The van der Waals surface area contributed by atoms with Gasteiger partial charge in [0.25, 0.3) is 0 Å². The van der Waals surface area contributed by atoms with Gasteiger partial charge in [0.2, 0.25) is 0 Å². The average molecular weight is 1680 g/mol. The molecule has 0 aromatic rings. The number of phosphoric acid groups is 1. The van der Waals surface area contributed by atoms with E-state index in [1.807, 2.05) is 0 Å². The van der Waals surface area contributed by atoms with Crippen LogP contribution in [0.15, 0.2) is 24.3 Å². The number of ether oxygens (including phenoxy) is 8. The summed E-state index contributed by atoms with van der Waals surface area (Å²) < 4.78 is 73.4. The molecule has 0 amide bonds. The SMILES string of the molecule is CCCCCC/C=C\CCCCCCCCCC(=O)OCC1OC(OC2C(OC(=O)CCCCCCCCCCCCCCC)C(O)C(O)C(OC3OC(CO)C(O)C(O)C3O)C2OP(=O)(O)OCC(COC(=O)CCCCC/C=C\CCCCCCCC)OC(=O)CCCCCCCCC(C)CCCCCCCC)C(O)C(O)C1O. The third-order valence-corrected chi connectivity index (χ3v) is 23.8. The fraction of sp³-hybridized carbons (Fsp3) is 0.911. The van der Waals surface area contributed by atoms with Gasteiger partial charge in [-0.05, 0) is 83.0 Å². The molecule has 0 radical (unpaired) electrons. The molecule has 3 fully saturated rings. The minimum atomic E-state index is -5.81. The summed E-state index contributed by atoms with van der Waals surface area (Å²) >= 11 is 0. The van der Waals surface area contributed by atoms with Gasteiger partial charge in [-0.2, -0.15) is 0 Å². The van der Waals surface area contributed by atoms with Gasteiger partial charge in [-0.1, -0.05) is 309 Å². The monoisotopic (exact) mass is 1680 g/mol. The summed E-state index contributed by atoms with van der Waals surface area (Å²) in [6.07, 6.45) is 26.2. The number of unbranched alkanes of at least 4 members (excludes halogenated alkanes) is 42. The van der Waals surface area contributed by atoms with Crippen molar-refractivity contribution in [2.24, 2.45) is 5.92 Å². The molecule has 19 atom stereocenters. The number of aliphatic hydroxyl groups is 9. The molecule has 26 heteroatoms. The van der Waals surface area contributed by atoms with Gasteiger partial charge in [0.15, 0.2) is 24.8 Å². The van der Waals surface area contributed by atoms with E-state index >= 15 is 0 Å². The van der Waals surface area contributed by atoms with Crippen LogP contribution in [0.25, 0.3) is 0 Å². The normalized spacial score (nSPS) is 25.5. The van der Waals surface area contributed by atoms with E-state index in [2.05, 4.69) is 58.9 Å². The van der Waals surface area contributed by atoms with Crippen LogP contribution in [0.2, 0.25) is 0 Å². The van der Waals surface area contributed by atoms with Gasteiger partial charge in [-0.25, -0.2) is 4.57 Å². The number of phosphoric ester groups is 1. The number of carbonyl (C=O) groups excluding carboxylic acids is 4. The summed E-state index contributed by atoms with van der Waals surface area (Å²) in [7, 11) is -5.81. The van der Waals surface area contributed by atoms with Gasteiger partial charge in [-0.3, -0.25) is 28.2 Å². The smallest absolute Gasteiger partial charge is 0.463 e. The summed E-state index contributed by atoms with van der Waals surface area (Å²) in [6, 6.07) is 0. The molecule has 0 aromatic heterocycles. The fourth-order valence-electron chi connectivity index (χ4n) is 15.3. The van der Waals surface area contributed by atoms with Crippen molar-refractivity contribution in [2.75, 3.05) is 26.4 Å². The van der Waals surface area contributed by atoms with Crippen molar-refractivity contribution < 1.29 is 122 Å². The lowest BCUT2D eigenvalue weighted by Crippen LogP contribution is -2.70. The Kier molecular flexibility index (Phi) is 63.2. The third-order valence-electron chi connectivity index (χ3n) is 22.8. The van der Waals surface area contributed by atoms with Gasteiger partial charge >= 0.3 is 31.7 Å². The summed E-state index contributed by atoms with van der Waals surface area (Å²) in [5, 5.41) is 102. The van der Waals surface area contributed by atoms with Gasteiger partial charge < -0.3 is 88.7 Å². The van der Waals surface area contributed by atoms with Crippen molar-refractivity contribution in [3.63, 3.8) is 0 Å². The van der Waals surface area contributed by atoms with Crippen molar-refractivity contribution in [1.29, 1.82) is 0 Å². The molecule has 25 nitrogen and oxygen atoms in total. The standard InChI is InChI=1S/C90H165O25P/c1-6-10-14-18-22-25-28-31-32-35-37-40-43-50-56-62-74(93)107-68-72-78(97)80(99)84(103)90(111-72)114-87-85(112-76(95)64-58-51-44-41-38-34-30-27-24-20-16-12-8-3)81(100)82(101)86(113-89-83(102)79(98)77(96)71(65-91)110-89)88(87)115-116(104,105)108-67-70(66-106-73(92)61-55-49-42-39-36-33-29-26-23-19-15-11-7-2)109-75(94)63-57-52-46-45-48-54-60-69(5)59-53-47-21-17-13-9-4/h25,28,33,36,69-72,77-91,96-103H,6-24,26-27,29-32,34-35,37-68H2,1-5H3,(H,104,105)/b28-25-,36-33-. The highest BCUT2D eigenvalue weighted by molar-refractivity contribution is 7.47. The van der Waals surface area contributed by atoms with Gasteiger partial charge in [0, 0.05) is 25.7 Å². The van der Waals surface area contributed by atoms with E-state index in [1.165, 1.54) is 148 Å². The number of aliphatic hydroxyl groups excluding tert-OH is 9. The minimum Gasteiger partial charge on any atom is -0.463 e. The molecular formula is C90H165O25P. The van der Waals surface area contributed by atoms with Crippen LogP contribution in [0.5, 0.6) is 0 Å². The van der Waals surface area contributed by atoms with E-state index in [9.17, 15) is 74.6 Å². The minimum absolute atomic E-state index is 0.00899. The lowest BCUT2D eigenvalue weighted by Gasteiger charge is -2.50. The Morgan fingerprint density at radius 2 is 0.698 bits per heavy atom. The molecule has 2 saturated heterocycles. The number of allylic oxidation sites excluding steroid dienone is 4. The molecule has 3 aliphatic rings. The topological polar surface area (TPSA) is 380 Å². The van der Waals surface area contributed by atoms with E-state index < -0.39 is 162 Å². The van der Waals surface area contributed by atoms with Crippen LogP contribution in [-0.4, -0.2) is 205 Å². The summed E-state index contributed by atoms with van der Waals surface area (Å²) in [4.78, 5) is 66.4. The third kappa shape index (κ3) is 48.7. The molecule has 1 saturated carbocycles. The second kappa shape index (κ2) is 68.4. The first-order valence-corrected chi connectivity index (χ1v) is 48.0. The van der Waals surface area contributed by atoms with Crippen LogP contribution in [0.1, 0.15) is 388 Å². The molecular weight excluding hydrogens is 1510 g/mol. The number of esters is 4. The summed E-state index contributed by atoms with van der Waals surface area (Å²) in [6.45, 7) is 7.87. The van der Waals surface area contributed by atoms with Gasteiger partial charge in [0.05, 0.1) is 13.2 Å². The largest absolute Gasteiger partial charge is 0.472 e. The molecule has 3 rings (SSSR count). The Morgan fingerprint density at radius 3 is 1.13 bits per heavy atom. The van der Waals surface area contributed by atoms with E-state index in [4.69, 9.17) is 46.9 Å². The van der Waals surface area contributed by atoms with E-state index in [0.717, 1.165) is 148 Å². The molecule has 0 spiro atoms. The van der Waals surface area contributed by atoms with Crippen LogP contribution in [0.3, 0.4) is 0 Å². The second-order valence-corrected chi connectivity index (χ2v) is 34.8. The van der Waals surface area contributed by atoms with Gasteiger partial charge in [-0.15, -0.1) is 0 Å². The Morgan fingerprint density at radius 1 is 0.362 bits per heavy atom. The van der Waals surface area contributed by atoms with Crippen molar-refractivity contribution >= 4 is 31.7 Å². The fourth-order valence-corrected chi connectivity index (χ4v) is 16.3. The first-order chi connectivity index (χ1) is 56.1. The number of hydrogen-bond acceptors (Lipinski definition) is 24. The Labute approximate surface area is 698 Å². The lowest BCUT2D eigenvalue weighted by atomic mass is 9.84. The van der Waals surface area contributed by atoms with E-state index in [-0.39, 0.29) is 25.7 Å². The Hall–Kier alpha value is -3.05. The maximum absolute atomic E-state index is 14.9. The molecule has 116 heavy (non-hydrogen) atoms. The van der Waals surface area contributed by atoms with Crippen LogP contribution in [0, 0.1) is 5.92 Å².